The second-order valence-electron chi connectivity index (χ2n) is 11.0. The number of H-pyrrole nitrogens is 1. The Morgan fingerprint density at radius 1 is 1.15 bits per heavy atom. The van der Waals surface area contributed by atoms with Crippen LogP contribution in [-0.2, 0) is 23.9 Å². The van der Waals surface area contributed by atoms with Gasteiger partial charge in [-0.3, -0.25) is 24.0 Å². The smallest absolute Gasteiger partial charge is 0.289 e. The van der Waals surface area contributed by atoms with E-state index in [-0.39, 0.29) is 43.2 Å². The van der Waals surface area contributed by atoms with Gasteiger partial charge < -0.3 is 35.3 Å². The second kappa shape index (κ2) is 12.3. The fourth-order valence-electron chi connectivity index (χ4n) is 6.58. The molecule has 220 valence electrons. The number of rotatable bonds is 11. The molecule has 1 aliphatic carbocycles. The highest BCUT2D eigenvalue weighted by molar-refractivity contribution is 6.38. The Balaban J connectivity index is 1.38. The summed E-state index contributed by atoms with van der Waals surface area (Å²) in [6, 6.07) is 5.23. The van der Waals surface area contributed by atoms with Gasteiger partial charge >= 0.3 is 0 Å². The van der Waals surface area contributed by atoms with E-state index in [9.17, 15) is 24.0 Å². The van der Waals surface area contributed by atoms with E-state index in [2.05, 4.69) is 20.9 Å². The lowest BCUT2D eigenvalue weighted by Crippen LogP contribution is -2.55. The summed E-state index contributed by atoms with van der Waals surface area (Å²) in [5.41, 5.74) is 1.09. The summed E-state index contributed by atoms with van der Waals surface area (Å²) in [6.45, 7) is 1.26. The molecule has 0 radical (unpaired) electrons. The van der Waals surface area contributed by atoms with E-state index in [4.69, 9.17) is 9.47 Å². The molecule has 4 amide bonds. The van der Waals surface area contributed by atoms with Gasteiger partial charge in [0.2, 0.25) is 17.6 Å². The number of likely N-dealkylation sites (tertiary alicyclic amines) is 1. The van der Waals surface area contributed by atoms with Crippen molar-refractivity contribution in [1.82, 2.24) is 25.8 Å². The van der Waals surface area contributed by atoms with Gasteiger partial charge in [-0.05, 0) is 55.7 Å². The van der Waals surface area contributed by atoms with Crippen molar-refractivity contribution in [2.24, 2.45) is 17.8 Å². The van der Waals surface area contributed by atoms with E-state index in [1.54, 1.807) is 18.1 Å². The lowest BCUT2D eigenvalue weighted by Gasteiger charge is -2.29. The highest BCUT2D eigenvalue weighted by atomic mass is 16.5. The maximum absolute atomic E-state index is 13.9. The minimum Gasteiger partial charge on any atom is -0.496 e. The number of hydrogen-bond donors (Lipinski definition) is 4. The van der Waals surface area contributed by atoms with Crippen molar-refractivity contribution in [1.29, 1.82) is 0 Å². The third kappa shape index (κ3) is 5.79. The molecule has 5 unspecified atom stereocenters. The summed E-state index contributed by atoms with van der Waals surface area (Å²) in [5.74, 6) is -2.44. The van der Waals surface area contributed by atoms with Gasteiger partial charge in [-0.15, -0.1) is 0 Å². The first-order valence-corrected chi connectivity index (χ1v) is 14.2. The zero-order valence-corrected chi connectivity index (χ0v) is 23.4. The maximum atomic E-state index is 13.9. The number of amides is 4. The van der Waals surface area contributed by atoms with Crippen LogP contribution in [0.5, 0.6) is 5.75 Å². The average molecular weight is 568 g/mol. The molecule has 1 aromatic carbocycles. The topological polar surface area (TPSA) is 159 Å². The van der Waals surface area contributed by atoms with Crippen LogP contribution in [-0.4, -0.2) is 91.8 Å². The van der Waals surface area contributed by atoms with Gasteiger partial charge in [0.15, 0.2) is 0 Å². The molecule has 2 saturated heterocycles. The van der Waals surface area contributed by atoms with E-state index in [1.165, 1.54) is 7.11 Å². The van der Waals surface area contributed by atoms with Gasteiger partial charge in [-0.1, -0.05) is 12.5 Å². The molecule has 2 aromatic rings. The van der Waals surface area contributed by atoms with Crippen LogP contribution >= 0.6 is 0 Å². The van der Waals surface area contributed by atoms with Crippen molar-refractivity contribution >= 4 is 40.3 Å². The lowest BCUT2D eigenvalue weighted by atomic mass is 9.91. The van der Waals surface area contributed by atoms with Crippen molar-refractivity contribution in [2.75, 3.05) is 40.5 Å². The second-order valence-corrected chi connectivity index (χ2v) is 11.0. The Morgan fingerprint density at radius 3 is 2.71 bits per heavy atom. The number of nitrogens with zero attached hydrogens (tertiary/aromatic N) is 1. The minimum absolute atomic E-state index is 0.00464. The molecule has 41 heavy (non-hydrogen) atoms. The van der Waals surface area contributed by atoms with Crippen LogP contribution in [0, 0.1) is 17.8 Å². The first kappa shape index (κ1) is 28.6. The van der Waals surface area contributed by atoms with E-state index in [0.29, 0.717) is 31.0 Å². The van der Waals surface area contributed by atoms with Gasteiger partial charge in [0, 0.05) is 43.6 Å². The van der Waals surface area contributed by atoms with Crippen LogP contribution in [0.3, 0.4) is 0 Å². The van der Waals surface area contributed by atoms with Crippen LogP contribution in [0.15, 0.2) is 24.3 Å². The fourth-order valence-corrected chi connectivity index (χ4v) is 6.58. The average Bonchev–Trinajstić information content (AvgIpc) is 3.75. The van der Waals surface area contributed by atoms with E-state index in [0.717, 1.165) is 30.2 Å². The highest BCUT2D eigenvalue weighted by Crippen LogP contribution is 2.43. The van der Waals surface area contributed by atoms with Crippen molar-refractivity contribution < 1.29 is 33.4 Å². The third-order valence-electron chi connectivity index (χ3n) is 8.63. The van der Waals surface area contributed by atoms with Crippen LogP contribution in [0.1, 0.15) is 42.6 Å². The van der Waals surface area contributed by atoms with Crippen molar-refractivity contribution in [2.45, 2.75) is 44.2 Å². The Bertz CT molecular complexity index is 1340. The molecule has 2 aliphatic heterocycles. The molecule has 3 heterocycles. The molecule has 0 bridgehead atoms. The first-order valence-electron chi connectivity index (χ1n) is 14.2. The van der Waals surface area contributed by atoms with Crippen molar-refractivity contribution in [3.8, 4) is 5.75 Å². The molecule has 4 N–H and O–H groups in total. The summed E-state index contributed by atoms with van der Waals surface area (Å²) in [4.78, 5) is 70.7. The summed E-state index contributed by atoms with van der Waals surface area (Å²) in [5, 5.41) is 8.79. The van der Waals surface area contributed by atoms with Crippen molar-refractivity contribution in [3.05, 3.63) is 30.0 Å². The molecular weight excluding hydrogens is 530 g/mol. The number of ketones is 1. The van der Waals surface area contributed by atoms with Crippen LogP contribution < -0.4 is 20.7 Å². The first-order chi connectivity index (χ1) is 19.8. The molecule has 3 fully saturated rings. The van der Waals surface area contributed by atoms with Gasteiger partial charge in [-0.25, -0.2) is 0 Å². The Labute approximate surface area is 237 Å². The number of aromatic nitrogens is 1. The number of carbonyl (C=O) groups excluding carboxylic acids is 5. The normalized spacial score (nSPS) is 24.1. The highest BCUT2D eigenvalue weighted by Gasteiger charge is 2.50. The van der Waals surface area contributed by atoms with E-state index >= 15 is 0 Å². The third-order valence-corrected chi connectivity index (χ3v) is 8.63. The zero-order chi connectivity index (χ0) is 29.1. The predicted octanol–water partition coefficient (Wildman–Crippen LogP) is 0.760. The molecule has 12 nitrogen and oxygen atoms in total. The number of methoxy groups -OCH3 is 2. The Kier molecular flexibility index (Phi) is 8.57. The zero-order valence-electron chi connectivity index (χ0n) is 23.4. The lowest BCUT2D eigenvalue weighted by molar-refractivity contribution is -0.141. The number of Topliss-reactive ketones (excluding diaryl/α,β-unsaturated/α-hetero) is 1. The molecule has 1 saturated carbocycles. The van der Waals surface area contributed by atoms with Gasteiger partial charge in [0.05, 0.1) is 19.8 Å². The van der Waals surface area contributed by atoms with Gasteiger partial charge in [0.1, 0.15) is 17.5 Å². The molecule has 5 rings (SSSR count). The number of hydrogen-bond acceptors (Lipinski definition) is 7. The van der Waals surface area contributed by atoms with Gasteiger partial charge in [-0.2, -0.15) is 0 Å². The quantitative estimate of drug-likeness (QED) is 0.230. The van der Waals surface area contributed by atoms with E-state index in [1.807, 2.05) is 18.2 Å². The van der Waals surface area contributed by atoms with E-state index < -0.39 is 35.6 Å². The number of ether oxygens (including phenoxy) is 2. The van der Waals surface area contributed by atoms with Crippen LogP contribution in [0.25, 0.3) is 10.9 Å². The van der Waals surface area contributed by atoms with Crippen molar-refractivity contribution in [3.63, 3.8) is 0 Å². The molecular formula is C29H37N5O7. The molecule has 5 atom stereocenters. The molecule has 0 spiro atoms. The number of carbonyl (C=O) groups is 5. The number of benzene rings is 1. The summed E-state index contributed by atoms with van der Waals surface area (Å²) < 4.78 is 10.4. The standard InChI is InChI=1S/C29H37N5O7/c1-40-12-11-31-28(38)25(35)21(13-16-9-10-30-26(16)36)33-27(37)24-18-6-3-5-17(18)15-34(24)29(39)22-14-19-20(32-22)7-4-8-23(19)41-2/h4,7-8,14,16-18,21,24,32H,3,5-6,9-13,15H2,1-2H3,(H,30,36)(H,31,38)(H,33,37). The summed E-state index contributed by atoms with van der Waals surface area (Å²) >= 11 is 0. The van der Waals surface area contributed by atoms with Crippen LogP contribution in [0.2, 0.25) is 0 Å². The fraction of sp³-hybridized carbons (Fsp3) is 0.552. The van der Waals surface area contributed by atoms with Gasteiger partial charge in [0.25, 0.3) is 11.8 Å². The molecule has 12 heteroatoms. The predicted molar refractivity (Wildman–Crippen MR) is 148 cm³/mol. The Morgan fingerprint density at radius 2 is 1.98 bits per heavy atom. The summed E-state index contributed by atoms with van der Waals surface area (Å²) in [7, 11) is 3.04. The Hall–Kier alpha value is -3.93. The van der Waals surface area contributed by atoms with Crippen LogP contribution in [0.4, 0.5) is 0 Å². The molecule has 3 aliphatic rings. The SMILES string of the molecule is COCCNC(=O)C(=O)C(CC1CCNC1=O)NC(=O)C1C2CCCC2CN1C(=O)c1cc2c(OC)cccc2[nH]1. The molecule has 1 aromatic heterocycles. The largest absolute Gasteiger partial charge is 0.496 e. The monoisotopic (exact) mass is 567 g/mol. The number of nitrogens with one attached hydrogen (secondary N) is 4. The summed E-state index contributed by atoms with van der Waals surface area (Å²) in [6.07, 6.45) is 3.16. The maximum Gasteiger partial charge on any atom is 0.289 e. The number of fused-ring (bicyclic) bond motifs is 2. The number of aromatic amines is 1. The minimum atomic E-state index is -1.20.